The Labute approximate surface area is 113 Å². The Bertz CT molecular complexity index is 455. The topological polar surface area (TPSA) is 45.0 Å². The van der Waals surface area contributed by atoms with Crippen molar-refractivity contribution in [2.45, 2.75) is 26.2 Å². The number of hydrogen-bond donors (Lipinski definition) is 1. The molecule has 18 heavy (non-hydrogen) atoms. The van der Waals surface area contributed by atoms with Crippen molar-refractivity contribution in [1.82, 2.24) is 5.32 Å². The van der Waals surface area contributed by atoms with E-state index in [4.69, 9.17) is 10.00 Å². The van der Waals surface area contributed by atoms with E-state index in [0.717, 1.165) is 13.1 Å². The second-order valence-corrected chi connectivity index (χ2v) is 6.72. The highest BCUT2D eigenvalue weighted by molar-refractivity contribution is 7.10. The Hall–Kier alpha value is -0.890. The van der Waals surface area contributed by atoms with E-state index >= 15 is 0 Å². The molecule has 0 saturated carbocycles. The van der Waals surface area contributed by atoms with Gasteiger partial charge in [-0.2, -0.15) is 5.26 Å². The van der Waals surface area contributed by atoms with Gasteiger partial charge in [-0.05, 0) is 23.9 Å². The number of nitrogens with zero attached hydrogens (tertiary/aromatic N) is 1. The molecule has 0 aromatic carbocycles. The summed E-state index contributed by atoms with van der Waals surface area (Å²) in [6.07, 6.45) is 0. The van der Waals surface area contributed by atoms with E-state index in [1.54, 1.807) is 0 Å². The van der Waals surface area contributed by atoms with Gasteiger partial charge in [0.05, 0.1) is 19.3 Å². The molecular weight excluding hydrogens is 244 g/mol. The van der Waals surface area contributed by atoms with Gasteiger partial charge in [0, 0.05) is 23.4 Å². The number of nitrogens with one attached hydrogen (secondary N) is 1. The molecule has 1 aromatic rings. The van der Waals surface area contributed by atoms with Crippen LogP contribution in [0.3, 0.4) is 0 Å². The van der Waals surface area contributed by atoms with Crippen LogP contribution in [0.15, 0.2) is 11.4 Å². The molecule has 4 heteroatoms. The Morgan fingerprint density at radius 2 is 2.28 bits per heavy atom. The van der Waals surface area contributed by atoms with E-state index in [0.29, 0.717) is 13.2 Å². The Morgan fingerprint density at radius 3 is 2.72 bits per heavy atom. The fourth-order valence-corrected chi connectivity index (χ4v) is 3.37. The van der Waals surface area contributed by atoms with Crippen LogP contribution in [0, 0.1) is 23.7 Å². The molecule has 1 saturated heterocycles. The van der Waals surface area contributed by atoms with E-state index in [1.165, 1.54) is 10.4 Å². The predicted molar refractivity (Wildman–Crippen MR) is 73.8 cm³/mol. The molecule has 98 valence electrons. The van der Waals surface area contributed by atoms with Gasteiger partial charge in [-0.3, -0.25) is 0 Å². The molecule has 1 N–H and O–H groups in total. The summed E-state index contributed by atoms with van der Waals surface area (Å²) in [5.41, 5.74) is 1.17. The molecule has 1 aromatic heterocycles. The molecule has 3 nitrogen and oxygen atoms in total. The second-order valence-electron chi connectivity index (χ2n) is 5.81. The van der Waals surface area contributed by atoms with Gasteiger partial charge < -0.3 is 10.1 Å². The lowest BCUT2D eigenvalue weighted by atomic mass is 9.86. The molecule has 2 rings (SSSR count). The number of thiophene rings is 1. The average Bonchev–Trinajstić information content (AvgIpc) is 2.69. The maximum absolute atomic E-state index is 9.13. The summed E-state index contributed by atoms with van der Waals surface area (Å²) in [5, 5.41) is 14.7. The van der Waals surface area contributed by atoms with Crippen LogP contribution >= 0.6 is 11.3 Å². The molecule has 0 radical (unpaired) electrons. The third kappa shape index (κ3) is 2.59. The Morgan fingerprint density at radius 1 is 1.56 bits per heavy atom. The third-order valence-electron chi connectivity index (χ3n) is 3.50. The average molecular weight is 264 g/mol. The van der Waals surface area contributed by atoms with Crippen molar-refractivity contribution in [2.75, 3.05) is 26.3 Å². The molecule has 0 atom stereocenters. The fraction of sp³-hybridized carbons (Fsp3) is 0.643. The van der Waals surface area contributed by atoms with Crippen molar-refractivity contribution in [3.05, 3.63) is 21.9 Å². The molecule has 2 heterocycles. The summed E-state index contributed by atoms with van der Waals surface area (Å²) in [4.78, 5) is 1.42. The van der Waals surface area contributed by atoms with Gasteiger partial charge in [-0.25, -0.2) is 0 Å². The van der Waals surface area contributed by atoms with Crippen LogP contribution in [0.1, 0.15) is 24.3 Å². The van der Waals surface area contributed by atoms with Crippen molar-refractivity contribution < 1.29 is 4.74 Å². The first-order valence-electron chi connectivity index (χ1n) is 6.23. The number of nitriles is 1. The largest absolute Gasteiger partial charge is 0.378 e. The van der Waals surface area contributed by atoms with Gasteiger partial charge in [-0.15, -0.1) is 11.3 Å². The zero-order valence-corrected chi connectivity index (χ0v) is 12.1. The van der Waals surface area contributed by atoms with Gasteiger partial charge in [0.25, 0.3) is 0 Å². The lowest BCUT2D eigenvalue weighted by Gasteiger charge is -2.36. The van der Waals surface area contributed by atoms with Gasteiger partial charge >= 0.3 is 0 Å². The summed E-state index contributed by atoms with van der Waals surface area (Å²) in [7, 11) is 0. The van der Waals surface area contributed by atoms with Crippen LogP contribution in [0.4, 0.5) is 0 Å². The maximum atomic E-state index is 9.13. The first-order valence-corrected chi connectivity index (χ1v) is 7.11. The molecule has 0 bridgehead atoms. The first-order chi connectivity index (χ1) is 8.49. The zero-order valence-electron chi connectivity index (χ0n) is 11.2. The van der Waals surface area contributed by atoms with E-state index in [1.807, 2.05) is 11.3 Å². The van der Waals surface area contributed by atoms with Crippen molar-refractivity contribution in [3.8, 4) is 6.07 Å². The van der Waals surface area contributed by atoms with Gasteiger partial charge in [0.2, 0.25) is 0 Å². The standard InChI is InChI=1S/C14H20N2OS/c1-11-4-5-18-12(11)13(2,3)7-16-8-14(6-15)9-17-10-14/h4-5,16H,7-10H2,1-3H3. The number of rotatable bonds is 5. The molecule has 1 fully saturated rings. The Balaban J connectivity index is 1.90. The summed E-state index contributed by atoms with van der Waals surface area (Å²) in [6.45, 7) is 9.38. The van der Waals surface area contributed by atoms with Gasteiger partial charge in [0.15, 0.2) is 0 Å². The van der Waals surface area contributed by atoms with E-state index in [2.05, 4.69) is 43.6 Å². The van der Waals surface area contributed by atoms with Crippen LogP contribution < -0.4 is 5.32 Å². The minimum atomic E-state index is -0.291. The van der Waals surface area contributed by atoms with Crippen molar-refractivity contribution in [1.29, 1.82) is 5.26 Å². The molecule has 0 aliphatic carbocycles. The molecule has 0 unspecified atom stereocenters. The fourth-order valence-electron chi connectivity index (χ4n) is 2.32. The highest BCUT2D eigenvalue weighted by atomic mass is 32.1. The Kier molecular flexibility index (Phi) is 3.76. The normalized spacial score (nSPS) is 18.1. The lowest BCUT2D eigenvalue weighted by molar-refractivity contribution is -0.0756. The smallest absolute Gasteiger partial charge is 0.116 e. The van der Waals surface area contributed by atoms with Crippen LogP contribution in [0.25, 0.3) is 0 Å². The number of hydrogen-bond acceptors (Lipinski definition) is 4. The van der Waals surface area contributed by atoms with E-state index in [-0.39, 0.29) is 10.8 Å². The predicted octanol–water partition coefficient (Wildman–Crippen LogP) is 2.46. The number of ether oxygens (including phenoxy) is 1. The van der Waals surface area contributed by atoms with Crippen LogP contribution in [0.5, 0.6) is 0 Å². The van der Waals surface area contributed by atoms with E-state index in [9.17, 15) is 0 Å². The molecule has 1 aliphatic rings. The van der Waals surface area contributed by atoms with Crippen molar-refractivity contribution in [3.63, 3.8) is 0 Å². The van der Waals surface area contributed by atoms with Crippen LogP contribution in [0.2, 0.25) is 0 Å². The maximum Gasteiger partial charge on any atom is 0.116 e. The molecule has 0 spiro atoms. The quantitative estimate of drug-likeness (QED) is 0.888. The minimum absolute atomic E-state index is 0.111. The summed E-state index contributed by atoms with van der Waals surface area (Å²) < 4.78 is 5.14. The lowest BCUT2D eigenvalue weighted by Crippen LogP contribution is -2.50. The van der Waals surface area contributed by atoms with Crippen LogP contribution in [-0.4, -0.2) is 26.3 Å². The zero-order chi connectivity index (χ0) is 13.2. The van der Waals surface area contributed by atoms with E-state index < -0.39 is 0 Å². The highest BCUT2D eigenvalue weighted by Gasteiger charge is 2.39. The van der Waals surface area contributed by atoms with Gasteiger partial charge in [-0.1, -0.05) is 13.8 Å². The molecular formula is C14H20N2OS. The second kappa shape index (κ2) is 5.00. The summed E-state index contributed by atoms with van der Waals surface area (Å²) in [5.74, 6) is 0. The van der Waals surface area contributed by atoms with Gasteiger partial charge in [0.1, 0.15) is 5.41 Å². The monoisotopic (exact) mass is 264 g/mol. The molecule has 0 amide bonds. The number of aryl methyl sites for hydroxylation is 1. The van der Waals surface area contributed by atoms with Crippen molar-refractivity contribution >= 4 is 11.3 Å². The third-order valence-corrected chi connectivity index (χ3v) is 4.88. The summed E-state index contributed by atoms with van der Waals surface area (Å²) >= 11 is 1.81. The van der Waals surface area contributed by atoms with Crippen molar-refractivity contribution in [2.24, 2.45) is 5.41 Å². The minimum Gasteiger partial charge on any atom is -0.378 e. The van der Waals surface area contributed by atoms with Crippen LogP contribution in [-0.2, 0) is 10.2 Å². The first kappa shape index (κ1) is 13.5. The molecule has 1 aliphatic heterocycles. The highest BCUT2D eigenvalue weighted by Crippen LogP contribution is 2.31. The SMILES string of the molecule is Cc1ccsc1C(C)(C)CNCC1(C#N)COC1. The summed E-state index contributed by atoms with van der Waals surface area (Å²) in [6, 6.07) is 4.53.